The summed E-state index contributed by atoms with van der Waals surface area (Å²) >= 11 is 0. The molecule has 0 amide bonds. The number of aromatic nitrogens is 1. The molecule has 0 saturated heterocycles. The molecule has 175 valence electrons. The third kappa shape index (κ3) is 3.37. The van der Waals surface area contributed by atoms with Crippen LogP contribution in [0.2, 0.25) is 0 Å². The van der Waals surface area contributed by atoms with Crippen LogP contribution in [-0.4, -0.2) is 4.98 Å². The molecular formula is C34H24IrN-. The second kappa shape index (κ2) is 8.52. The van der Waals surface area contributed by atoms with Crippen molar-refractivity contribution in [1.82, 2.24) is 4.98 Å². The zero-order chi connectivity index (χ0) is 23.6. The molecule has 36 heavy (non-hydrogen) atoms. The summed E-state index contributed by atoms with van der Waals surface area (Å²) in [6, 6.07) is 40.7. The summed E-state index contributed by atoms with van der Waals surface area (Å²) < 4.78 is 0. The molecule has 1 nitrogen and oxygen atoms in total. The molecule has 0 atom stereocenters. The molecule has 1 radical (unpaired) electrons. The van der Waals surface area contributed by atoms with Crippen molar-refractivity contribution in [3.63, 3.8) is 0 Å². The van der Waals surface area contributed by atoms with E-state index in [1.807, 2.05) is 6.20 Å². The van der Waals surface area contributed by atoms with Crippen molar-refractivity contribution >= 4 is 21.5 Å². The zero-order valence-corrected chi connectivity index (χ0v) is 22.6. The molecule has 7 rings (SSSR count). The molecule has 0 unspecified atom stereocenters. The topological polar surface area (TPSA) is 12.9 Å². The fourth-order valence-electron chi connectivity index (χ4n) is 5.79. The third-order valence-corrected chi connectivity index (χ3v) is 7.66. The van der Waals surface area contributed by atoms with Gasteiger partial charge in [-0.1, -0.05) is 104 Å². The van der Waals surface area contributed by atoms with Crippen molar-refractivity contribution in [3.8, 4) is 33.5 Å². The zero-order valence-electron chi connectivity index (χ0n) is 20.2. The van der Waals surface area contributed by atoms with E-state index in [4.69, 9.17) is 4.98 Å². The van der Waals surface area contributed by atoms with Gasteiger partial charge >= 0.3 is 0 Å². The Balaban J connectivity index is 0.00000240. The van der Waals surface area contributed by atoms with Gasteiger partial charge in [-0.15, -0.1) is 29.8 Å². The van der Waals surface area contributed by atoms with Crippen LogP contribution in [0, 0.1) is 6.07 Å². The van der Waals surface area contributed by atoms with Gasteiger partial charge in [-0.25, -0.2) is 0 Å². The predicted molar refractivity (Wildman–Crippen MR) is 147 cm³/mol. The van der Waals surface area contributed by atoms with Crippen LogP contribution >= 0.6 is 0 Å². The van der Waals surface area contributed by atoms with Gasteiger partial charge in [0.25, 0.3) is 0 Å². The maximum Gasteiger partial charge on any atom is 0.0167 e. The number of fused-ring (bicyclic) bond motifs is 6. The molecule has 1 aliphatic carbocycles. The van der Waals surface area contributed by atoms with Gasteiger partial charge in [0.15, 0.2) is 0 Å². The number of rotatable bonds is 2. The molecule has 0 saturated carbocycles. The number of nitrogens with zero attached hydrogens (tertiary/aromatic N) is 1. The Morgan fingerprint density at radius 2 is 1.42 bits per heavy atom. The minimum atomic E-state index is 0. The smallest absolute Gasteiger partial charge is 0.0167 e. The van der Waals surface area contributed by atoms with E-state index in [9.17, 15) is 0 Å². The van der Waals surface area contributed by atoms with Crippen molar-refractivity contribution in [2.45, 2.75) is 19.3 Å². The molecule has 0 aliphatic heterocycles. The Kier molecular flexibility index (Phi) is 5.41. The van der Waals surface area contributed by atoms with Crippen LogP contribution in [0.25, 0.3) is 55.1 Å². The summed E-state index contributed by atoms with van der Waals surface area (Å²) in [5.41, 5.74) is 9.90. The first kappa shape index (κ1) is 22.9. The van der Waals surface area contributed by atoms with Gasteiger partial charge in [-0.05, 0) is 55.6 Å². The minimum absolute atomic E-state index is 0. The average Bonchev–Trinajstić information content (AvgIpc) is 3.15. The first-order chi connectivity index (χ1) is 17.1. The van der Waals surface area contributed by atoms with Gasteiger partial charge in [-0.2, -0.15) is 0 Å². The first-order valence-corrected chi connectivity index (χ1v) is 12.1. The Bertz CT molecular complexity index is 1760. The summed E-state index contributed by atoms with van der Waals surface area (Å²) in [5.74, 6) is 0. The molecule has 0 bridgehead atoms. The van der Waals surface area contributed by atoms with Crippen LogP contribution in [0.4, 0.5) is 0 Å². The molecule has 2 heteroatoms. The fraction of sp³-hybridized carbons (Fsp3) is 0.0882. The number of hydrogen-bond acceptors (Lipinski definition) is 1. The Labute approximate surface area is 225 Å². The Morgan fingerprint density at radius 1 is 0.639 bits per heavy atom. The summed E-state index contributed by atoms with van der Waals surface area (Å²) in [5, 5.41) is 4.89. The molecule has 0 fully saturated rings. The SMILES string of the molecule is CC1(C)c2ccccc2-c2ccc(-c3c[c-]c(-c4nccc5c4ccc4ccccc45)cc3)cc21.[Ir]. The quantitative estimate of drug-likeness (QED) is 0.136. The maximum atomic E-state index is 4.74. The molecule has 6 aromatic rings. The standard InChI is InChI=1S/C34H24N.Ir/c1-34(2)31-10-6-5-9-28(31)29-17-16-25(21-32(29)34)22-11-13-24(14-12-22)33-30-18-15-23-7-3-4-8-26(23)27(30)19-20-35-33;/h3-13,15-21H,1-2H3;/q-1;. The Morgan fingerprint density at radius 3 is 2.28 bits per heavy atom. The van der Waals surface area contributed by atoms with Crippen LogP contribution in [0.15, 0.2) is 109 Å². The molecule has 0 N–H and O–H groups in total. The van der Waals surface area contributed by atoms with E-state index in [0.717, 1.165) is 16.6 Å². The van der Waals surface area contributed by atoms with Crippen LogP contribution < -0.4 is 0 Å². The normalized spacial score (nSPS) is 13.3. The summed E-state index contributed by atoms with van der Waals surface area (Å²) in [7, 11) is 0. The van der Waals surface area contributed by atoms with E-state index in [1.165, 1.54) is 49.5 Å². The van der Waals surface area contributed by atoms with E-state index in [-0.39, 0.29) is 25.5 Å². The number of benzene rings is 5. The van der Waals surface area contributed by atoms with Crippen molar-refractivity contribution in [1.29, 1.82) is 0 Å². The van der Waals surface area contributed by atoms with Gasteiger partial charge in [-0.3, -0.25) is 0 Å². The second-order valence-electron chi connectivity index (χ2n) is 9.96. The Hall–Kier alpha value is -3.58. The van der Waals surface area contributed by atoms with Crippen LogP contribution in [0.3, 0.4) is 0 Å². The van der Waals surface area contributed by atoms with Gasteiger partial charge in [0.1, 0.15) is 0 Å². The van der Waals surface area contributed by atoms with Crippen molar-refractivity contribution in [2.24, 2.45) is 0 Å². The van der Waals surface area contributed by atoms with Gasteiger partial charge < -0.3 is 4.98 Å². The first-order valence-electron chi connectivity index (χ1n) is 12.1. The van der Waals surface area contributed by atoms with Crippen molar-refractivity contribution in [3.05, 3.63) is 127 Å². The van der Waals surface area contributed by atoms with Crippen molar-refractivity contribution in [2.75, 3.05) is 0 Å². The van der Waals surface area contributed by atoms with E-state index in [2.05, 4.69) is 123 Å². The number of pyridine rings is 1. The average molecular weight is 639 g/mol. The molecular weight excluding hydrogens is 615 g/mol. The largest absolute Gasteiger partial charge is 0.304 e. The third-order valence-electron chi connectivity index (χ3n) is 7.66. The van der Waals surface area contributed by atoms with Crippen molar-refractivity contribution < 1.29 is 20.1 Å². The predicted octanol–water partition coefficient (Wildman–Crippen LogP) is 8.83. The van der Waals surface area contributed by atoms with Crippen LogP contribution in [0.5, 0.6) is 0 Å². The van der Waals surface area contributed by atoms with E-state index in [0.29, 0.717) is 0 Å². The summed E-state index contributed by atoms with van der Waals surface area (Å²) in [4.78, 5) is 4.74. The summed E-state index contributed by atoms with van der Waals surface area (Å²) in [6.45, 7) is 4.65. The van der Waals surface area contributed by atoms with Gasteiger partial charge in [0.2, 0.25) is 0 Å². The minimum Gasteiger partial charge on any atom is -0.304 e. The van der Waals surface area contributed by atoms with Crippen LogP contribution in [0.1, 0.15) is 25.0 Å². The van der Waals surface area contributed by atoms with E-state index in [1.54, 1.807) is 0 Å². The molecule has 1 heterocycles. The van der Waals surface area contributed by atoms with Gasteiger partial charge in [0, 0.05) is 31.7 Å². The molecule has 1 aliphatic rings. The second-order valence-corrected chi connectivity index (χ2v) is 9.96. The van der Waals surface area contributed by atoms with E-state index >= 15 is 0 Å². The van der Waals surface area contributed by atoms with Gasteiger partial charge in [0.05, 0.1) is 0 Å². The van der Waals surface area contributed by atoms with E-state index < -0.39 is 0 Å². The molecule has 1 aromatic heterocycles. The summed E-state index contributed by atoms with van der Waals surface area (Å²) in [6.07, 6.45) is 1.91. The molecule has 5 aromatic carbocycles. The monoisotopic (exact) mass is 639 g/mol. The van der Waals surface area contributed by atoms with Crippen LogP contribution in [-0.2, 0) is 25.5 Å². The fourth-order valence-corrected chi connectivity index (χ4v) is 5.79. The number of hydrogen-bond donors (Lipinski definition) is 0. The molecule has 0 spiro atoms. The maximum absolute atomic E-state index is 4.74.